The van der Waals surface area contributed by atoms with Gasteiger partial charge in [0.1, 0.15) is 19.3 Å². The van der Waals surface area contributed by atoms with E-state index in [9.17, 15) is 43.2 Å². The average molecular weight is 1240 g/mol. The van der Waals surface area contributed by atoms with Gasteiger partial charge in [-0.15, -0.1) is 0 Å². The van der Waals surface area contributed by atoms with Gasteiger partial charge in [0.25, 0.3) is 0 Å². The summed E-state index contributed by atoms with van der Waals surface area (Å²) in [5.74, 6) is -0.647. The monoisotopic (exact) mass is 1240 g/mol. The molecule has 0 bridgehead atoms. The molecule has 17 nitrogen and oxygen atoms in total. The molecule has 0 aliphatic carbocycles. The molecule has 0 aliphatic heterocycles. The Morgan fingerprint density at radius 2 is 0.607 bits per heavy atom. The topological polar surface area (TPSA) is 237 Å². The van der Waals surface area contributed by atoms with Crippen molar-refractivity contribution in [1.82, 2.24) is 0 Å². The van der Waals surface area contributed by atoms with E-state index in [2.05, 4.69) is 41.5 Å². The van der Waals surface area contributed by atoms with Gasteiger partial charge in [-0.3, -0.25) is 37.3 Å². The SMILES string of the molecule is CCCCCCCCCCCCCCCCCCC(=O)O[C@H](COC(=O)CCCCCCCCCCC(C)CC)COP(=O)(O)OC[C@@H](O)COP(=O)(O)OC[C@@H](COC(=O)CCCCCCC)OC(=O)CCCCCCCCCCC(C)C. The quantitative estimate of drug-likeness (QED) is 0.0222. The van der Waals surface area contributed by atoms with E-state index in [0.29, 0.717) is 25.7 Å². The third-order valence-corrected chi connectivity index (χ3v) is 17.2. The highest BCUT2D eigenvalue weighted by atomic mass is 31.2. The lowest BCUT2D eigenvalue weighted by atomic mass is 9.99. The third kappa shape index (κ3) is 57.8. The summed E-state index contributed by atoms with van der Waals surface area (Å²) >= 11 is 0. The first kappa shape index (κ1) is 82.1. The average Bonchev–Trinajstić information content (AvgIpc) is 3.48. The third-order valence-electron chi connectivity index (χ3n) is 15.3. The van der Waals surface area contributed by atoms with Crippen LogP contribution in [0.2, 0.25) is 0 Å². The van der Waals surface area contributed by atoms with Crippen molar-refractivity contribution in [2.24, 2.45) is 11.8 Å². The molecule has 0 fully saturated rings. The number of aliphatic hydroxyl groups excluding tert-OH is 1. The Hall–Kier alpha value is -1.94. The van der Waals surface area contributed by atoms with E-state index in [0.717, 1.165) is 108 Å². The van der Waals surface area contributed by atoms with E-state index < -0.39 is 97.5 Å². The fourth-order valence-corrected chi connectivity index (χ4v) is 11.3. The summed E-state index contributed by atoms with van der Waals surface area (Å²) in [6.45, 7) is 9.38. The molecule has 3 unspecified atom stereocenters. The van der Waals surface area contributed by atoms with E-state index in [1.165, 1.54) is 135 Å². The molecule has 0 radical (unpaired) electrons. The number of ether oxygens (including phenoxy) is 4. The van der Waals surface area contributed by atoms with Gasteiger partial charge in [0.2, 0.25) is 0 Å². The first-order valence-corrected chi connectivity index (χ1v) is 37.0. The predicted octanol–water partition coefficient (Wildman–Crippen LogP) is 18.0. The van der Waals surface area contributed by atoms with E-state index in [1.807, 2.05) is 0 Å². The zero-order valence-corrected chi connectivity index (χ0v) is 56.0. The van der Waals surface area contributed by atoms with Crippen LogP contribution in [0.3, 0.4) is 0 Å². The zero-order chi connectivity index (χ0) is 62.2. The molecular formula is C65H126O17P2. The Bertz CT molecular complexity index is 1650. The highest BCUT2D eigenvalue weighted by Gasteiger charge is 2.30. The summed E-state index contributed by atoms with van der Waals surface area (Å²) in [7, 11) is -9.88. The molecule has 498 valence electrons. The summed E-state index contributed by atoms with van der Waals surface area (Å²) in [6.07, 6.45) is 40.7. The Balaban J connectivity index is 5.18. The largest absolute Gasteiger partial charge is 0.472 e. The maximum absolute atomic E-state index is 13.0. The van der Waals surface area contributed by atoms with Crippen LogP contribution < -0.4 is 0 Å². The molecule has 19 heteroatoms. The zero-order valence-electron chi connectivity index (χ0n) is 54.2. The summed E-state index contributed by atoms with van der Waals surface area (Å²) in [4.78, 5) is 72.0. The van der Waals surface area contributed by atoms with Crippen molar-refractivity contribution < 1.29 is 80.2 Å². The number of hydrogen-bond acceptors (Lipinski definition) is 15. The number of esters is 4. The maximum Gasteiger partial charge on any atom is 0.472 e. The molecule has 3 N–H and O–H groups in total. The van der Waals surface area contributed by atoms with Gasteiger partial charge in [-0.25, -0.2) is 9.13 Å². The van der Waals surface area contributed by atoms with Gasteiger partial charge in [0.15, 0.2) is 12.2 Å². The summed E-state index contributed by atoms with van der Waals surface area (Å²) < 4.78 is 67.9. The van der Waals surface area contributed by atoms with Crippen molar-refractivity contribution in [2.45, 2.75) is 342 Å². The highest BCUT2D eigenvalue weighted by Crippen LogP contribution is 2.45. The number of unbranched alkanes of at least 4 members (excludes halogenated alkanes) is 33. The van der Waals surface area contributed by atoms with Crippen LogP contribution in [0.25, 0.3) is 0 Å². The number of hydrogen-bond donors (Lipinski definition) is 3. The minimum Gasteiger partial charge on any atom is -0.462 e. The second kappa shape index (κ2) is 57.5. The molecule has 0 saturated heterocycles. The number of carbonyl (C=O) groups is 4. The number of rotatable bonds is 64. The highest BCUT2D eigenvalue weighted by molar-refractivity contribution is 7.47. The molecule has 0 saturated carbocycles. The van der Waals surface area contributed by atoms with Gasteiger partial charge in [0, 0.05) is 25.7 Å². The number of phosphoric ester groups is 2. The van der Waals surface area contributed by atoms with Gasteiger partial charge in [0.05, 0.1) is 26.4 Å². The van der Waals surface area contributed by atoms with Crippen molar-refractivity contribution in [3.05, 3.63) is 0 Å². The fraction of sp³-hybridized carbons (Fsp3) is 0.938. The van der Waals surface area contributed by atoms with Crippen LogP contribution in [0.1, 0.15) is 324 Å². The van der Waals surface area contributed by atoms with Crippen molar-refractivity contribution in [2.75, 3.05) is 39.6 Å². The lowest BCUT2D eigenvalue weighted by Crippen LogP contribution is -2.30. The molecule has 0 aliphatic rings. The Kier molecular flexibility index (Phi) is 56.2. The molecule has 0 aromatic heterocycles. The van der Waals surface area contributed by atoms with E-state index in [1.54, 1.807) is 0 Å². The van der Waals surface area contributed by atoms with Crippen molar-refractivity contribution in [3.8, 4) is 0 Å². The molecule has 84 heavy (non-hydrogen) atoms. The van der Waals surface area contributed by atoms with Gasteiger partial charge in [-0.05, 0) is 37.5 Å². The second-order valence-electron chi connectivity index (χ2n) is 24.2. The molecule has 0 rings (SSSR count). The lowest BCUT2D eigenvalue weighted by molar-refractivity contribution is -0.161. The van der Waals surface area contributed by atoms with Crippen LogP contribution >= 0.6 is 15.6 Å². The minimum atomic E-state index is -4.95. The van der Waals surface area contributed by atoms with Crippen LogP contribution in [0.5, 0.6) is 0 Å². The van der Waals surface area contributed by atoms with Crippen molar-refractivity contribution in [1.29, 1.82) is 0 Å². The molecule has 0 heterocycles. The smallest absolute Gasteiger partial charge is 0.462 e. The fourth-order valence-electron chi connectivity index (χ4n) is 9.68. The summed E-state index contributed by atoms with van der Waals surface area (Å²) in [5, 5.41) is 10.5. The Morgan fingerprint density at radius 1 is 0.345 bits per heavy atom. The molecule has 0 aromatic carbocycles. The van der Waals surface area contributed by atoms with Gasteiger partial charge >= 0.3 is 39.5 Å². The van der Waals surface area contributed by atoms with E-state index >= 15 is 0 Å². The first-order valence-electron chi connectivity index (χ1n) is 34.0. The summed E-state index contributed by atoms with van der Waals surface area (Å²) in [5.41, 5.74) is 0. The number of aliphatic hydroxyl groups is 1. The Labute approximate surface area is 511 Å². The van der Waals surface area contributed by atoms with E-state index in [4.69, 9.17) is 37.0 Å². The van der Waals surface area contributed by atoms with Crippen molar-refractivity contribution in [3.63, 3.8) is 0 Å². The van der Waals surface area contributed by atoms with Gasteiger partial charge in [-0.2, -0.15) is 0 Å². The predicted molar refractivity (Wildman–Crippen MR) is 335 cm³/mol. The molecule has 0 spiro atoms. The second-order valence-corrected chi connectivity index (χ2v) is 27.1. The van der Waals surface area contributed by atoms with Crippen LogP contribution in [0.4, 0.5) is 0 Å². The summed E-state index contributed by atoms with van der Waals surface area (Å²) in [6, 6.07) is 0. The minimum absolute atomic E-state index is 0.103. The lowest BCUT2D eigenvalue weighted by Gasteiger charge is -2.21. The molecule has 0 amide bonds. The first-order chi connectivity index (χ1) is 40.4. The van der Waals surface area contributed by atoms with Gasteiger partial charge < -0.3 is 33.8 Å². The maximum atomic E-state index is 13.0. The van der Waals surface area contributed by atoms with Crippen LogP contribution in [-0.2, 0) is 65.4 Å². The molecule has 0 aromatic rings. The van der Waals surface area contributed by atoms with Crippen molar-refractivity contribution >= 4 is 39.5 Å². The molecular weight excluding hydrogens is 1110 g/mol. The molecule has 6 atom stereocenters. The van der Waals surface area contributed by atoms with Crippen LogP contribution in [-0.4, -0.2) is 96.7 Å². The number of phosphoric acid groups is 2. The standard InChI is InChI=1S/C65H126O17P2/c1-7-10-12-14-15-16-17-18-19-20-21-22-23-31-37-43-49-64(69)82-61(54-76-63(68)48-42-36-30-27-25-29-35-40-46-58(6)9-3)56-80-84(73,74)78-52-59(66)51-77-83(71,72)79-55-60(53-75-62(67)47-41-33-13-11-8-2)81-65(70)50-44-38-32-26-24-28-34-39-45-57(4)5/h57-61,66H,7-56H2,1-6H3,(H,71,72)(H,73,74)/t58?,59-,60+,61+/m0/s1. The Morgan fingerprint density at radius 3 is 0.905 bits per heavy atom. The normalized spacial score (nSPS) is 14.6. The van der Waals surface area contributed by atoms with Crippen LogP contribution in [0, 0.1) is 11.8 Å². The van der Waals surface area contributed by atoms with Gasteiger partial charge in [-0.1, -0.05) is 273 Å². The van der Waals surface area contributed by atoms with Crippen LogP contribution in [0.15, 0.2) is 0 Å². The van der Waals surface area contributed by atoms with E-state index in [-0.39, 0.29) is 25.7 Å². The number of carbonyl (C=O) groups excluding carboxylic acids is 4.